The molecule has 2 atom stereocenters. The largest absolute Gasteiger partial charge is 0.507 e. The van der Waals surface area contributed by atoms with E-state index in [9.17, 15) is 23.7 Å². The van der Waals surface area contributed by atoms with E-state index in [2.05, 4.69) is 0 Å². The topological polar surface area (TPSA) is 104 Å². The zero-order valence-corrected chi connectivity index (χ0v) is 16.2. The number of aromatic hydroxyl groups is 1. The first-order valence-electron chi connectivity index (χ1n) is 9.21. The summed E-state index contributed by atoms with van der Waals surface area (Å²) in [5.74, 6) is 0.0461. The third-order valence-electron chi connectivity index (χ3n) is 5.32. The highest BCUT2D eigenvalue weighted by molar-refractivity contribution is 7.92. The summed E-state index contributed by atoms with van der Waals surface area (Å²) in [5, 5.41) is 28.8. The van der Waals surface area contributed by atoms with Gasteiger partial charge < -0.3 is 19.9 Å². The molecule has 3 rings (SSSR count). The number of fused-ring (bicyclic) bond motifs is 1. The molecule has 1 saturated heterocycles. The Balaban J connectivity index is 1.80. The Bertz CT molecular complexity index is 861. The number of allylic oxidation sites excluding steroid dienone is 1. The molecular weight excluding hydrogens is 367 g/mol. The number of phenols is 1. The molecule has 2 aliphatic heterocycles. The van der Waals surface area contributed by atoms with E-state index >= 15 is 0 Å². The van der Waals surface area contributed by atoms with Gasteiger partial charge in [0, 0.05) is 11.9 Å². The molecule has 146 valence electrons. The van der Waals surface area contributed by atoms with E-state index in [0.29, 0.717) is 24.0 Å². The summed E-state index contributed by atoms with van der Waals surface area (Å²) in [6, 6.07) is 7.08. The fourth-order valence-corrected chi connectivity index (χ4v) is 6.02. The Morgan fingerprint density at radius 2 is 2.11 bits per heavy atom. The van der Waals surface area contributed by atoms with Gasteiger partial charge in [0.25, 0.3) is 0 Å². The molecule has 0 saturated carbocycles. The Labute approximate surface area is 160 Å². The van der Waals surface area contributed by atoms with Crippen molar-refractivity contribution in [3.05, 3.63) is 46.5 Å². The lowest BCUT2D eigenvalue weighted by Crippen LogP contribution is -2.42. The number of benzene rings is 1. The van der Waals surface area contributed by atoms with Crippen molar-refractivity contribution in [3.8, 4) is 5.75 Å². The van der Waals surface area contributed by atoms with E-state index < -0.39 is 28.3 Å². The maximum absolute atomic E-state index is 12.4. The van der Waals surface area contributed by atoms with Gasteiger partial charge in [-0.25, -0.2) is 8.42 Å². The predicted molar refractivity (Wildman–Crippen MR) is 105 cm³/mol. The van der Waals surface area contributed by atoms with Crippen LogP contribution in [0.3, 0.4) is 0 Å². The summed E-state index contributed by atoms with van der Waals surface area (Å²) in [5.41, 5.74) is 2.94. The maximum Gasteiger partial charge on any atom is 0.456 e. The Morgan fingerprint density at radius 3 is 2.78 bits per heavy atom. The number of sulfone groups is 1. The average molecular weight is 392 g/mol. The van der Waals surface area contributed by atoms with Crippen molar-refractivity contribution in [1.29, 1.82) is 0 Å². The first-order valence-corrected chi connectivity index (χ1v) is 10.9. The molecule has 0 radical (unpaired) electrons. The molecule has 2 heterocycles. The molecule has 27 heavy (non-hydrogen) atoms. The van der Waals surface area contributed by atoms with Gasteiger partial charge >= 0.3 is 7.12 Å². The minimum atomic E-state index is -3.39. The molecule has 0 spiro atoms. The summed E-state index contributed by atoms with van der Waals surface area (Å²) in [6.07, 6.45) is 3.34. The van der Waals surface area contributed by atoms with E-state index in [1.165, 1.54) is 0 Å². The number of hydrogen-bond donors (Lipinski definition) is 3. The van der Waals surface area contributed by atoms with Crippen molar-refractivity contribution in [2.75, 3.05) is 12.4 Å². The van der Waals surface area contributed by atoms with Gasteiger partial charge in [0.1, 0.15) is 5.75 Å². The molecule has 0 bridgehead atoms. The first-order chi connectivity index (χ1) is 12.9. The van der Waals surface area contributed by atoms with Crippen LogP contribution in [0.25, 0.3) is 6.08 Å². The second-order valence-electron chi connectivity index (χ2n) is 7.08. The lowest BCUT2D eigenvalue weighted by molar-refractivity contribution is 0.168. The number of rotatable bonds is 6. The highest BCUT2D eigenvalue weighted by Crippen LogP contribution is 2.39. The minimum Gasteiger partial charge on any atom is -0.507 e. The van der Waals surface area contributed by atoms with Gasteiger partial charge in [-0.05, 0) is 36.5 Å². The zero-order chi connectivity index (χ0) is 19.6. The van der Waals surface area contributed by atoms with Crippen LogP contribution in [0, 0.1) is 0 Å². The molecule has 8 heteroatoms. The van der Waals surface area contributed by atoms with E-state index in [1.54, 1.807) is 12.1 Å². The molecule has 3 N–H and O–H groups in total. The van der Waals surface area contributed by atoms with Crippen LogP contribution in [-0.4, -0.2) is 54.5 Å². The highest BCUT2D eigenvalue weighted by Gasteiger charge is 2.48. The zero-order valence-electron chi connectivity index (χ0n) is 15.3. The lowest BCUT2D eigenvalue weighted by atomic mass is 9.74. The van der Waals surface area contributed by atoms with Crippen molar-refractivity contribution in [2.24, 2.45) is 0 Å². The van der Waals surface area contributed by atoms with Gasteiger partial charge in [0.05, 0.1) is 23.7 Å². The molecule has 1 fully saturated rings. The van der Waals surface area contributed by atoms with Crippen LogP contribution in [0.4, 0.5) is 0 Å². The molecule has 0 unspecified atom stereocenters. The molecule has 0 aromatic heterocycles. The van der Waals surface area contributed by atoms with Crippen molar-refractivity contribution >= 4 is 23.0 Å². The van der Waals surface area contributed by atoms with Crippen LogP contribution in [0.5, 0.6) is 5.75 Å². The smallest absolute Gasteiger partial charge is 0.456 e. The van der Waals surface area contributed by atoms with Gasteiger partial charge in [-0.1, -0.05) is 36.8 Å². The monoisotopic (exact) mass is 392 g/mol. The summed E-state index contributed by atoms with van der Waals surface area (Å²) in [7, 11) is -4.52. The Hall–Kier alpha value is -1.61. The summed E-state index contributed by atoms with van der Waals surface area (Å²) in [6.45, 7) is 1.71. The second-order valence-corrected chi connectivity index (χ2v) is 9.26. The summed E-state index contributed by atoms with van der Waals surface area (Å²) >= 11 is 0. The molecule has 2 aliphatic rings. The summed E-state index contributed by atoms with van der Waals surface area (Å²) < 4.78 is 30.4. The van der Waals surface area contributed by atoms with Crippen LogP contribution in [-0.2, 0) is 14.5 Å². The minimum absolute atomic E-state index is 0.0199. The molecule has 6 nitrogen and oxygen atoms in total. The molecular formula is C19H25BO6S. The second kappa shape index (κ2) is 8.18. The predicted octanol–water partition coefficient (Wildman–Crippen LogP) is 1.93. The lowest BCUT2D eigenvalue weighted by Gasteiger charge is -2.32. The normalized spacial score (nSPS) is 25.0. The van der Waals surface area contributed by atoms with E-state index in [4.69, 9.17) is 4.65 Å². The molecule has 0 amide bonds. The van der Waals surface area contributed by atoms with Crippen LogP contribution < -0.4 is 0 Å². The van der Waals surface area contributed by atoms with Gasteiger partial charge in [-0.2, -0.15) is 0 Å². The van der Waals surface area contributed by atoms with Gasteiger partial charge in [-0.15, -0.1) is 0 Å². The summed E-state index contributed by atoms with van der Waals surface area (Å²) in [4.78, 5) is 0. The third kappa shape index (κ3) is 4.29. The molecule has 1 aromatic rings. The van der Waals surface area contributed by atoms with E-state index in [-0.39, 0.29) is 24.4 Å². The average Bonchev–Trinajstić information content (AvgIpc) is 2.90. The van der Waals surface area contributed by atoms with Crippen molar-refractivity contribution in [2.45, 2.75) is 43.9 Å². The van der Waals surface area contributed by atoms with Crippen molar-refractivity contribution in [1.82, 2.24) is 0 Å². The number of para-hydroxylation sites is 1. The number of aliphatic hydroxyl groups excluding tert-OH is 1. The van der Waals surface area contributed by atoms with E-state index in [1.807, 2.05) is 25.1 Å². The van der Waals surface area contributed by atoms with Crippen LogP contribution in [0.15, 0.2) is 41.0 Å². The van der Waals surface area contributed by atoms with Crippen molar-refractivity contribution < 1.29 is 28.3 Å². The molecule has 1 aromatic carbocycles. The molecule has 0 aliphatic carbocycles. The quantitative estimate of drug-likeness (QED) is 0.505. The van der Waals surface area contributed by atoms with Crippen LogP contribution in [0.2, 0.25) is 6.32 Å². The number of hydrogen-bond acceptors (Lipinski definition) is 6. The van der Waals surface area contributed by atoms with Crippen LogP contribution >= 0.6 is 0 Å². The number of phenolic OH excluding ortho intramolecular Hbond substituents is 1. The van der Waals surface area contributed by atoms with Gasteiger partial charge in [0.15, 0.2) is 9.84 Å². The standard InChI is InChI=1S/C19H25BO6S/c1-2-13(9-14-5-3-4-6-16(14)22)7-8-17-19-15(11-21)12-27(24,25)18(19)10-20(23)26-17/h3-6,9,17-18,21-23H,2,7-8,10-12H2,1H3/b13-9+/t17-,18+/m1/s1. The first kappa shape index (κ1) is 20.1. The Morgan fingerprint density at radius 1 is 1.37 bits per heavy atom. The third-order valence-corrected chi connectivity index (χ3v) is 7.38. The number of aliphatic hydroxyl groups is 1. The fraction of sp³-hybridized carbons (Fsp3) is 0.474. The van der Waals surface area contributed by atoms with Crippen molar-refractivity contribution in [3.63, 3.8) is 0 Å². The highest BCUT2D eigenvalue weighted by atomic mass is 32.2. The SMILES string of the molecule is CC/C(=C\c1ccccc1O)CC[C@H]1OB(O)C[C@H]2C1=C(CO)CS2(=O)=O. The maximum atomic E-state index is 12.4. The fourth-order valence-electron chi connectivity index (χ4n) is 3.92. The van der Waals surface area contributed by atoms with Gasteiger partial charge in [0.2, 0.25) is 0 Å². The van der Waals surface area contributed by atoms with E-state index in [0.717, 1.165) is 17.6 Å². The van der Waals surface area contributed by atoms with Crippen LogP contribution in [0.1, 0.15) is 31.7 Å². The Kier molecular flexibility index (Phi) is 6.10. The van der Waals surface area contributed by atoms with Gasteiger partial charge in [-0.3, -0.25) is 0 Å².